The number of halogens is 9. The number of nitrogens with zero attached hydrogens (tertiary/aromatic N) is 3. The lowest BCUT2D eigenvalue weighted by molar-refractivity contribution is -0.292. The van der Waals surface area contributed by atoms with Crippen LogP contribution in [-0.2, 0) is 19.1 Å². The Morgan fingerprint density at radius 1 is 1.23 bits per heavy atom. The van der Waals surface area contributed by atoms with Crippen molar-refractivity contribution in [1.82, 2.24) is 15.2 Å². The molecule has 0 fully saturated rings. The van der Waals surface area contributed by atoms with E-state index in [1.807, 2.05) is 0 Å². The Labute approximate surface area is 176 Å². The van der Waals surface area contributed by atoms with Gasteiger partial charge in [-0.3, -0.25) is 14.5 Å². The number of hydrogen-bond donors (Lipinski definition) is 2. The summed E-state index contributed by atoms with van der Waals surface area (Å²) in [5.74, 6) is -7.78. The maximum Gasteiger partial charge on any atom is 0.459 e. The van der Waals surface area contributed by atoms with Crippen LogP contribution in [0.1, 0.15) is 26.5 Å². The molecule has 0 saturated carbocycles. The molecule has 0 unspecified atom stereocenters. The van der Waals surface area contributed by atoms with E-state index in [2.05, 4.69) is 10.5 Å². The van der Waals surface area contributed by atoms with Crippen LogP contribution in [0.4, 0.5) is 40.9 Å². The monoisotopic (exact) mass is 495 g/mol. The van der Waals surface area contributed by atoms with Crippen molar-refractivity contribution in [3.05, 3.63) is 38.3 Å². The fourth-order valence-electron chi connectivity index (χ4n) is 2.81. The largest absolute Gasteiger partial charge is 0.459 e. The summed E-state index contributed by atoms with van der Waals surface area (Å²) in [7, 11) is 0.793. The number of hydrogen-bond acceptors (Lipinski definition) is 5. The van der Waals surface area contributed by atoms with E-state index < -0.39 is 41.3 Å². The predicted molar refractivity (Wildman–Crippen MR) is 94.5 cm³/mol. The van der Waals surface area contributed by atoms with Gasteiger partial charge in [-0.2, -0.15) is 40.2 Å². The van der Waals surface area contributed by atoms with Crippen LogP contribution in [0.2, 0.25) is 4.34 Å². The molecule has 0 saturated heterocycles. The number of primary amides is 1. The number of amides is 1. The Morgan fingerprint density at radius 2 is 1.84 bits per heavy atom. The second kappa shape index (κ2) is 7.34. The molecule has 0 bridgehead atoms. The van der Waals surface area contributed by atoms with Gasteiger partial charge in [0.25, 0.3) is 5.91 Å². The quantitative estimate of drug-likeness (QED) is 0.621. The van der Waals surface area contributed by atoms with Crippen molar-refractivity contribution in [1.29, 1.82) is 0 Å². The number of nitrogens with one attached hydrogen (secondary N) is 1. The second-order valence-electron chi connectivity index (χ2n) is 6.26. The summed E-state index contributed by atoms with van der Waals surface area (Å²) < 4.78 is 107. The molecule has 31 heavy (non-hydrogen) atoms. The topological polar surface area (TPSA) is 76.2 Å². The first kappa shape index (κ1) is 23.3. The van der Waals surface area contributed by atoms with Crippen molar-refractivity contribution in [3.8, 4) is 0 Å². The van der Waals surface area contributed by atoms with Gasteiger partial charge in [0.05, 0.1) is 5.56 Å². The highest BCUT2D eigenvalue weighted by Gasteiger charge is 2.64. The number of hydrazine groups is 1. The van der Waals surface area contributed by atoms with Crippen molar-refractivity contribution >= 4 is 40.2 Å². The predicted octanol–water partition coefficient (Wildman–Crippen LogP) is 4.27. The molecule has 0 radical (unpaired) electrons. The molecule has 0 aromatic carbocycles. The fourth-order valence-corrected chi connectivity index (χ4v) is 4.10. The summed E-state index contributed by atoms with van der Waals surface area (Å²) in [6.45, 7) is -0.150. The highest BCUT2D eigenvalue weighted by molar-refractivity contribution is 7.17. The minimum Gasteiger partial charge on any atom is -0.366 e. The van der Waals surface area contributed by atoms with Crippen LogP contribution in [0.5, 0.6) is 0 Å². The van der Waals surface area contributed by atoms with Crippen LogP contribution in [0.25, 0.3) is 5.57 Å². The van der Waals surface area contributed by atoms with Gasteiger partial charge in [-0.15, -0.1) is 11.3 Å². The Hall–Kier alpha value is -2.39. The van der Waals surface area contributed by atoms with Crippen LogP contribution >= 0.6 is 22.9 Å². The average Bonchev–Trinajstić information content (AvgIpc) is 3.29. The number of nitrogens with two attached hydrogens (primary N) is 1. The van der Waals surface area contributed by atoms with Gasteiger partial charge in [-0.05, 0) is 6.07 Å². The average molecular weight is 496 g/mol. The van der Waals surface area contributed by atoms with Crippen molar-refractivity contribution in [2.45, 2.75) is 18.3 Å². The molecule has 1 aliphatic heterocycles. The Kier molecular flexibility index (Phi) is 5.51. The number of carbonyl (C=O) groups is 1. The van der Waals surface area contributed by atoms with Gasteiger partial charge in [0.2, 0.25) is 0 Å². The molecule has 1 aliphatic rings. The van der Waals surface area contributed by atoms with Crippen LogP contribution in [0, 0.1) is 0 Å². The summed E-state index contributed by atoms with van der Waals surface area (Å²) in [6, 6.07) is 1.28. The normalized spacial score (nSPS) is 15.5. The molecule has 0 aliphatic carbocycles. The van der Waals surface area contributed by atoms with Gasteiger partial charge < -0.3 is 5.73 Å². The molecule has 0 atom stereocenters. The Bertz CT molecular complexity index is 1070. The van der Waals surface area contributed by atoms with Crippen molar-refractivity contribution in [2.75, 3.05) is 11.6 Å². The number of rotatable bonds is 4. The van der Waals surface area contributed by atoms with Crippen LogP contribution in [0.15, 0.2) is 12.3 Å². The molecule has 3 N–H and O–H groups in total. The smallest absolute Gasteiger partial charge is 0.366 e. The third kappa shape index (κ3) is 3.96. The van der Waals surface area contributed by atoms with E-state index in [4.69, 9.17) is 17.3 Å². The lowest BCUT2D eigenvalue weighted by atomic mass is 10.1. The molecule has 2 aromatic rings. The minimum atomic E-state index is -6.29. The fraction of sp³-hybridized carbons (Fsp3) is 0.333. The summed E-state index contributed by atoms with van der Waals surface area (Å²) in [6.07, 6.45) is -10.8. The molecule has 0 spiro atoms. The first-order valence-corrected chi connectivity index (χ1v) is 9.17. The van der Waals surface area contributed by atoms with Gasteiger partial charge in [0.15, 0.2) is 11.5 Å². The van der Waals surface area contributed by atoms with Gasteiger partial charge in [0, 0.05) is 30.2 Å². The van der Waals surface area contributed by atoms with Gasteiger partial charge in [0.1, 0.15) is 9.90 Å². The first-order chi connectivity index (χ1) is 14.1. The highest BCUT2D eigenvalue weighted by Crippen LogP contribution is 2.50. The van der Waals surface area contributed by atoms with Gasteiger partial charge >= 0.3 is 18.3 Å². The molecule has 3 rings (SSSR count). The van der Waals surface area contributed by atoms with Crippen LogP contribution < -0.4 is 16.2 Å². The first-order valence-electron chi connectivity index (χ1n) is 7.97. The number of alkyl halides is 8. The number of anilines is 1. The minimum absolute atomic E-state index is 0.0190. The van der Waals surface area contributed by atoms with Crippen molar-refractivity contribution in [2.24, 2.45) is 12.8 Å². The highest BCUT2D eigenvalue weighted by atomic mass is 35.5. The molecule has 170 valence electrons. The van der Waals surface area contributed by atoms with E-state index in [9.17, 15) is 39.9 Å². The van der Waals surface area contributed by atoms with E-state index in [1.165, 1.54) is 6.07 Å². The zero-order valence-corrected chi connectivity index (χ0v) is 16.6. The molecular formula is C15H10ClF8N5OS. The second-order valence-corrected chi connectivity index (χ2v) is 7.92. The van der Waals surface area contributed by atoms with Crippen molar-refractivity contribution in [3.63, 3.8) is 0 Å². The zero-order chi connectivity index (χ0) is 23.5. The molecular weight excluding hydrogens is 486 g/mol. The third-order valence-electron chi connectivity index (χ3n) is 4.18. The van der Waals surface area contributed by atoms with E-state index in [-0.39, 0.29) is 26.7 Å². The maximum absolute atomic E-state index is 13.8. The number of aryl methyl sites for hydroxylation is 1. The van der Waals surface area contributed by atoms with Crippen LogP contribution in [-0.4, -0.2) is 28.4 Å². The standard InChI is InChI=1S/C15H10ClF8N5OS/c1-28-12(8(14(19,20)21)9(27-28)13(17,18)15(22,23)24)29-4-5(3-26-29)7-2-6(11(25)30)10(16)31-7/h2,4,26H,3H2,1H3,(H2,25,30). The summed E-state index contributed by atoms with van der Waals surface area (Å²) in [4.78, 5) is 11.6. The van der Waals surface area contributed by atoms with Crippen molar-refractivity contribution < 1.29 is 39.9 Å². The van der Waals surface area contributed by atoms with E-state index in [0.29, 0.717) is 9.89 Å². The molecule has 2 aromatic heterocycles. The van der Waals surface area contributed by atoms with Gasteiger partial charge in [-0.25, -0.2) is 5.43 Å². The number of thiophene rings is 1. The lowest BCUT2D eigenvalue weighted by Crippen LogP contribution is -2.36. The molecule has 1 amide bonds. The molecule has 16 heteroatoms. The maximum atomic E-state index is 13.8. The van der Waals surface area contributed by atoms with Crippen LogP contribution in [0.3, 0.4) is 0 Å². The third-order valence-corrected chi connectivity index (χ3v) is 5.61. The van der Waals surface area contributed by atoms with Gasteiger partial charge in [-0.1, -0.05) is 11.6 Å². The molecule has 6 nitrogen and oxygen atoms in total. The lowest BCUT2D eigenvalue weighted by Gasteiger charge is -2.21. The SMILES string of the molecule is Cn1nc(C(F)(F)C(F)(F)F)c(C(F)(F)F)c1N1C=C(c2cc(C(N)=O)c(Cl)s2)CN1. The summed E-state index contributed by atoms with van der Waals surface area (Å²) in [5, 5.41) is 3.46. The Morgan fingerprint density at radius 3 is 2.32 bits per heavy atom. The summed E-state index contributed by atoms with van der Waals surface area (Å²) >= 11 is 6.76. The number of carbonyl (C=O) groups excluding carboxylic acids is 1. The number of aromatic nitrogens is 2. The van der Waals surface area contributed by atoms with E-state index >= 15 is 0 Å². The summed E-state index contributed by atoms with van der Waals surface area (Å²) in [5.41, 5.74) is 3.11. The zero-order valence-electron chi connectivity index (χ0n) is 15.0. The Balaban J connectivity index is 2.12. The van der Waals surface area contributed by atoms with E-state index in [0.717, 1.165) is 24.6 Å². The molecule has 3 heterocycles. The van der Waals surface area contributed by atoms with E-state index in [1.54, 1.807) is 0 Å².